The second kappa shape index (κ2) is 7.54. The standard InChI is InChI=1S/C25H21FN2O2S/c1-17-7-9-18(10-8-17)16-27-22-12-11-20(26)15-21(22)25(24(27)30)28(13-14-31-25)23(29)19-5-3-2-4-6-19/h2-12,15H,13-14,16H2,1H3/t25-/m0/s1. The maximum Gasteiger partial charge on any atom is 0.268 e. The normalized spacial score (nSPS) is 19.9. The lowest BCUT2D eigenvalue weighted by Crippen LogP contribution is -2.50. The Hall–Kier alpha value is -3.12. The highest BCUT2D eigenvalue weighted by atomic mass is 32.2. The van der Waals surface area contributed by atoms with E-state index in [0.717, 1.165) is 11.1 Å². The van der Waals surface area contributed by atoms with Crippen molar-refractivity contribution in [1.82, 2.24) is 4.90 Å². The molecule has 31 heavy (non-hydrogen) atoms. The van der Waals surface area contributed by atoms with Crippen LogP contribution < -0.4 is 4.90 Å². The van der Waals surface area contributed by atoms with Crippen molar-refractivity contribution in [2.45, 2.75) is 18.3 Å². The van der Waals surface area contributed by atoms with Gasteiger partial charge in [0, 0.05) is 23.4 Å². The third kappa shape index (κ3) is 3.13. The fourth-order valence-corrected chi connectivity index (χ4v) is 5.81. The number of thioether (sulfide) groups is 1. The van der Waals surface area contributed by atoms with Gasteiger partial charge in [0.15, 0.2) is 4.87 Å². The number of fused-ring (bicyclic) bond motifs is 2. The number of anilines is 1. The Morgan fingerprint density at radius 1 is 1.06 bits per heavy atom. The zero-order valence-electron chi connectivity index (χ0n) is 17.0. The number of carbonyl (C=O) groups excluding carboxylic acids is 2. The number of rotatable bonds is 3. The molecular weight excluding hydrogens is 411 g/mol. The molecule has 1 atom stereocenters. The van der Waals surface area contributed by atoms with Crippen LogP contribution in [0.15, 0.2) is 72.8 Å². The molecule has 2 amide bonds. The Balaban J connectivity index is 1.60. The van der Waals surface area contributed by atoms with Crippen LogP contribution in [-0.4, -0.2) is 29.0 Å². The van der Waals surface area contributed by atoms with Crippen LogP contribution in [0.4, 0.5) is 10.1 Å². The summed E-state index contributed by atoms with van der Waals surface area (Å²) in [6, 6.07) is 21.4. The van der Waals surface area contributed by atoms with Crippen molar-refractivity contribution in [2.75, 3.05) is 17.2 Å². The van der Waals surface area contributed by atoms with E-state index in [1.165, 1.54) is 23.9 Å². The Labute approximate surface area is 184 Å². The number of hydrogen-bond donors (Lipinski definition) is 0. The molecule has 0 aromatic heterocycles. The molecule has 2 heterocycles. The fourth-order valence-electron chi connectivity index (χ4n) is 4.36. The quantitative estimate of drug-likeness (QED) is 0.601. The van der Waals surface area contributed by atoms with Crippen LogP contribution >= 0.6 is 11.8 Å². The number of amides is 2. The maximum atomic E-state index is 14.3. The number of benzene rings is 3. The van der Waals surface area contributed by atoms with E-state index in [1.54, 1.807) is 40.1 Å². The molecule has 0 unspecified atom stereocenters. The zero-order valence-corrected chi connectivity index (χ0v) is 17.9. The molecule has 5 rings (SSSR count). The molecule has 6 heteroatoms. The number of aryl methyl sites for hydroxylation is 1. The van der Waals surface area contributed by atoms with E-state index in [9.17, 15) is 14.0 Å². The average molecular weight is 433 g/mol. The predicted molar refractivity (Wildman–Crippen MR) is 120 cm³/mol. The molecule has 0 saturated carbocycles. The molecule has 1 fully saturated rings. The summed E-state index contributed by atoms with van der Waals surface area (Å²) in [4.78, 5) is 29.4. The van der Waals surface area contributed by atoms with Gasteiger partial charge in [-0.3, -0.25) is 9.59 Å². The van der Waals surface area contributed by atoms with Crippen LogP contribution in [-0.2, 0) is 16.2 Å². The lowest BCUT2D eigenvalue weighted by atomic mass is 10.0. The van der Waals surface area contributed by atoms with Gasteiger partial charge >= 0.3 is 0 Å². The number of hydrogen-bond acceptors (Lipinski definition) is 3. The molecule has 1 saturated heterocycles. The molecule has 3 aromatic rings. The first-order chi connectivity index (χ1) is 15.0. The van der Waals surface area contributed by atoms with E-state index in [2.05, 4.69) is 0 Å². The fraction of sp³-hybridized carbons (Fsp3) is 0.200. The molecule has 0 aliphatic carbocycles. The van der Waals surface area contributed by atoms with Crippen LogP contribution in [0.5, 0.6) is 0 Å². The second-order valence-electron chi connectivity index (χ2n) is 7.85. The lowest BCUT2D eigenvalue weighted by Gasteiger charge is -2.33. The number of nitrogens with zero attached hydrogens (tertiary/aromatic N) is 2. The summed E-state index contributed by atoms with van der Waals surface area (Å²) >= 11 is 1.41. The van der Waals surface area contributed by atoms with Gasteiger partial charge in [-0.05, 0) is 42.8 Å². The minimum Gasteiger partial charge on any atom is -0.311 e. The summed E-state index contributed by atoms with van der Waals surface area (Å²) in [6.45, 7) is 2.81. The molecule has 4 nitrogen and oxygen atoms in total. The highest BCUT2D eigenvalue weighted by Crippen LogP contribution is 2.54. The topological polar surface area (TPSA) is 40.6 Å². The summed E-state index contributed by atoms with van der Waals surface area (Å²) in [7, 11) is 0. The van der Waals surface area contributed by atoms with Crippen LogP contribution in [0, 0.1) is 12.7 Å². The summed E-state index contributed by atoms with van der Waals surface area (Å²) < 4.78 is 14.3. The summed E-state index contributed by atoms with van der Waals surface area (Å²) in [5.74, 6) is -0.215. The van der Waals surface area contributed by atoms with Gasteiger partial charge in [-0.2, -0.15) is 0 Å². The summed E-state index contributed by atoms with van der Waals surface area (Å²) in [5, 5.41) is 0. The molecule has 156 valence electrons. The van der Waals surface area contributed by atoms with Crippen molar-refractivity contribution in [3.8, 4) is 0 Å². The molecule has 3 aromatic carbocycles. The lowest BCUT2D eigenvalue weighted by molar-refractivity contribution is -0.123. The monoisotopic (exact) mass is 432 g/mol. The van der Waals surface area contributed by atoms with Crippen molar-refractivity contribution < 1.29 is 14.0 Å². The molecule has 0 radical (unpaired) electrons. The van der Waals surface area contributed by atoms with Crippen LogP contribution in [0.25, 0.3) is 0 Å². The minimum atomic E-state index is -1.24. The first kappa shape index (κ1) is 19.8. The first-order valence-corrected chi connectivity index (χ1v) is 11.2. The van der Waals surface area contributed by atoms with Gasteiger partial charge in [0.1, 0.15) is 5.82 Å². The zero-order chi connectivity index (χ0) is 21.6. The molecule has 1 spiro atoms. The highest BCUT2D eigenvalue weighted by molar-refractivity contribution is 8.01. The SMILES string of the molecule is Cc1ccc(CN2C(=O)[C@@]3(SCCN3C(=O)c3ccccc3)c3cc(F)ccc32)cc1. The van der Waals surface area contributed by atoms with Crippen LogP contribution in [0.2, 0.25) is 0 Å². The van der Waals surface area contributed by atoms with Crippen molar-refractivity contribution in [2.24, 2.45) is 0 Å². The molecule has 0 bridgehead atoms. The minimum absolute atomic E-state index is 0.194. The van der Waals surface area contributed by atoms with E-state index in [-0.39, 0.29) is 11.8 Å². The largest absolute Gasteiger partial charge is 0.311 e. The number of carbonyl (C=O) groups is 2. The van der Waals surface area contributed by atoms with Crippen molar-refractivity contribution >= 4 is 29.3 Å². The molecule has 2 aliphatic heterocycles. The van der Waals surface area contributed by atoms with Gasteiger partial charge in [0.05, 0.1) is 12.2 Å². The van der Waals surface area contributed by atoms with Gasteiger partial charge in [0.2, 0.25) is 0 Å². The molecular formula is C25H21FN2O2S. The van der Waals surface area contributed by atoms with E-state index >= 15 is 0 Å². The van der Waals surface area contributed by atoms with E-state index in [0.29, 0.717) is 35.7 Å². The predicted octanol–water partition coefficient (Wildman–Crippen LogP) is 4.72. The number of halogens is 1. The van der Waals surface area contributed by atoms with Gasteiger partial charge < -0.3 is 9.80 Å². The highest BCUT2D eigenvalue weighted by Gasteiger charge is 2.59. The summed E-state index contributed by atoms with van der Waals surface area (Å²) in [5.41, 5.74) is 3.85. The Bertz CT molecular complexity index is 1170. The second-order valence-corrected chi connectivity index (χ2v) is 9.14. The van der Waals surface area contributed by atoms with E-state index in [4.69, 9.17) is 0 Å². The maximum absolute atomic E-state index is 14.3. The van der Waals surface area contributed by atoms with Gasteiger partial charge in [0.25, 0.3) is 11.8 Å². The van der Waals surface area contributed by atoms with Crippen LogP contribution in [0.3, 0.4) is 0 Å². The Kier molecular flexibility index (Phi) is 4.82. The first-order valence-electron chi connectivity index (χ1n) is 10.2. The van der Waals surface area contributed by atoms with Gasteiger partial charge in [-0.15, -0.1) is 11.8 Å². The third-order valence-corrected chi connectivity index (χ3v) is 7.30. The van der Waals surface area contributed by atoms with E-state index in [1.807, 2.05) is 37.3 Å². The average Bonchev–Trinajstić information content (AvgIpc) is 3.32. The molecule has 0 N–H and O–H groups in total. The van der Waals surface area contributed by atoms with Crippen molar-refractivity contribution in [1.29, 1.82) is 0 Å². The Morgan fingerprint density at radius 3 is 2.55 bits per heavy atom. The molecule has 2 aliphatic rings. The smallest absolute Gasteiger partial charge is 0.268 e. The summed E-state index contributed by atoms with van der Waals surface area (Å²) in [6.07, 6.45) is 0. The van der Waals surface area contributed by atoms with Crippen molar-refractivity contribution in [3.05, 3.63) is 101 Å². The van der Waals surface area contributed by atoms with Crippen LogP contribution in [0.1, 0.15) is 27.0 Å². The van der Waals surface area contributed by atoms with E-state index < -0.39 is 10.7 Å². The van der Waals surface area contributed by atoms with Gasteiger partial charge in [-0.25, -0.2) is 4.39 Å². The van der Waals surface area contributed by atoms with Gasteiger partial charge in [-0.1, -0.05) is 48.0 Å². The third-order valence-electron chi connectivity index (χ3n) is 5.88. The Morgan fingerprint density at radius 2 is 1.81 bits per heavy atom. The van der Waals surface area contributed by atoms with Crippen molar-refractivity contribution in [3.63, 3.8) is 0 Å².